The summed E-state index contributed by atoms with van der Waals surface area (Å²) in [5, 5.41) is 12.5. The summed E-state index contributed by atoms with van der Waals surface area (Å²) in [7, 11) is -3.83. The van der Waals surface area contributed by atoms with E-state index in [1.807, 2.05) is 6.07 Å². The highest BCUT2D eigenvalue weighted by Crippen LogP contribution is 2.14. The van der Waals surface area contributed by atoms with Gasteiger partial charge in [0.2, 0.25) is 10.0 Å². The molecule has 0 spiro atoms. The van der Waals surface area contributed by atoms with Crippen LogP contribution < -0.4 is 10.0 Å². The molecular weight excluding hydrogens is 370 g/mol. The first-order chi connectivity index (χ1) is 12.6. The molecule has 0 aliphatic heterocycles. The molecule has 0 saturated heterocycles. The second-order valence-corrected chi connectivity index (χ2v) is 7.91. The SMILES string of the molecule is CC(C)[C@@](C)(C#N)NC(=O)COC(=O)CNS(=O)(=O)/C=C/c1ccccc1. The molecule has 0 bridgehead atoms. The third-order valence-corrected chi connectivity index (χ3v) is 4.85. The molecule has 146 valence electrons. The minimum atomic E-state index is -3.83. The molecule has 1 aromatic carbocycles. The van der Waals surface area contributed by atoms with Crippen molar-refractivity contribution in [1.29, 1.82) is 5.26 Å². The Balaban J connectivity index is 2.45. The highest BCUT2D eigenvalue weighted by Gasteiger charge is 2.30. The van der Waals surface area contributed by atoms with Crippen LogP contribution in [-0.2, 0) is 24.3 Å². The number of carbonyl (C=O) groups is 2. The maximum atomic E-state index is 11.8. The molecular formula is C18H23N3O5S. The summed E-state index contributed by atoms with van der Waals surface area (Å²) in [6.45, 7) is 3.88. The van der Waals surface area contributed by atoms with Gasteiger partial charge in [0, 0.05) is 5.41 Å². The largest absolute Gasteiger partial charge is 0.455 e. The molecule has 0 aliphatic carbocycles. The molecule has 9 heteroatoms. The number of nitriles is 1. The van der Waals surface area contributed by atoms with Crippen molar-refractivity contribution in [2.45, 2.75) is 26.3 Å². The van der Waals surface area contributed by atoms with E-state index in [9.17, 15) is 18.0 Å². The lowest BCUT2D eigenvalue weighted by atomic mass is 9.90. The lowest BCUT2D eigenvalue weighted by molar-refractivity contribution is -0.147. The van der Waals surface area contributed by atoms with Crippen LogP contribution in [0.1, 0.15) is 26.3 Å². The molecule has 2 N–H and O–H groups in total. The minimum Gasteiger partial charge on any atom is -0.455 e. The maximum Gasteiger partial charge on any atom is 0.321 e. The molecule has 0 saturated carbocycles. The summed E-state index contributed by atoms with van der Waals surface area (Å²) in [4.78, 5) is 23.4. The topological polar surface area (TPSA) is 125 Å². The van der Waals surface area contributed by atoms with E-state index < -0.39 is 40.6 Å². The second kappa shape index (κ2) is 9.85. The Morgan fingerprint density at radius 2 is 1.93 bits per heavy atom. The summed E-state index contributed by atoms with van der Waals surface area (Å²) in [6.07, 6.45) is 1.38. The summed E-state index contributed by atoms with van der Waals surface area (Å²) in [5.41, 5.74) is -0.402. The van der Waals surface area contributed by atoms with Gasteiger partial charge in [-0.1, -0.05) is 44.2 Å². The fourth-order valence-corrected chi connectivity index (χ4v) is 2.52. The Bertz CT molecular complexity index is 828. The molecule has 0 radical (unpaired) electrons. The van der Waals surface area contributed by atoms with Gasteiger partial charge in [-0.15, -0.1) is 0 Å². The van der Waals surface area contributed by atoms with Gasteiger partial charge in [0.15, 0.2) is 6.61 Å². The number of nitrogens with zero attached hydrogens (tertiary/aromatic N) is 1. The Kier molecular flexibility index (Phi) is 8.15. The van der Waals surface area contributed by atoms with Crippen molar-refractivity contribution < 1.29 is 22.7 Å². The summed E-state index contributed by atoms with van der Waals surface area (Å²) in [5.74, 6) is -1.71. The first-order valence-corrected chi connectivity index (χ1v) is 9.73. The second-order valence-electron chi connectivity index (χ2n) is 6.26. The molecule has 1 atom stereocenters. The van der Waals surface area contributed by atoms with Crippen molar-refractivity contribution >= 4 is 28.0 Å². The Morgan fingerprint density at radius 1 is 1.30 bits per heavy atom. The molecule has 0 heterocycles. The van der Waals surface area contributed by atoms with Crippen molar-refractivity contribution in [1.82, 2.24) is 10.0 Å². The van der Waals surface area contributed by atoms with Crippen LogP contribution in [0.5, 0.6) is 0 Å². The van der Waals surface area contributed by atoms with E-state index in [0.29, 0.717) is 5.56 Å². The number of ether oxygens (including phenoxy) is 1. The monoisotopic (exact) mass is 393 g/mol. The van der Waals surface area contributed by atoms with Gasteiger partial charge in [-0.25, -0.2) is 13.1 Å². The summed E-state index contributed by atoms with van der Waals surface area (Å²) < 4.78 is 30.4. The van der Waals surface area contributed by atoms with Crippen LogP contribution in [0.3, 0.4) is 0 Å². The van der Waals surface area contributed by atoms with E-state index >= 15 is 0 Å². The van der Waals surface area contributed by atoms with Gasteiger partial charge in [-0.05, 0) is 24.5 Å². The van der Waals surface area contributed by atoms with Crippen LogP contribution in [-0.4, -0.2) is 39.0 Å². The normalized spacial score (nSPS) is 13.7. The number of esters is 1. The number of benzene rings is 1. The summed E-state index contributed by atoms with van der Waals surface area (Å²) in [6, 6.07) is 10.8. The average molecular weight is 393 g/mol. The van der Waals surface area contributed by atoms with E-state index in [1.165, 1.54) is 6.08 Å². The van der Waals surface area contributed by atoms with E-state index in [-0.39, 0.29) is 5.92 Å². The number of sulfonamides is 1. The zero-order valence-electron chi connectivity index (χ0n) is 15.4. The first-order valence-electron chi connectivity index (χ1n) is 8.18. The van der Waals surface area contributed by atoms with E-state index in [4.69, 9.17) is 10.00 Å². The molecule has 1 rings (SSSR count). The van der Waals surface area contributed by atoms with Crippen molar-refractivity contribution in [3.63, 3.8) is 0 Å². The molecule has 0 aliphatic rings. The number of nitrogens with one attached hydrogen (secondary N) is 2. The zero-order chi connectivity index (χ0) is 20.5. The molecule has 1 amide bonds. The molecule has 27 heavy (non-hydrogen) atoms. The molecule has 0 fully saturated rings. The van der Waals surface area contributed by atoms with Crippen LogP contribution in [0, 0.1) is 17.2 Å². The van der Waals surface area contributed by atoms with Crippen LogP contribution in [0.2, 0.25) is 0 Å². The number of hydrogen-bond donors (Lipinski definition) is 2. The molecule has 0 unspecified atom stereocenters. The maximum absolute atomic E-state index is 11.8. The van der Waals surface area contributed by atoms with E-state index in [1.54, 1.807) is 51.1 Å². The van der Waals surface area contributed by atoms with Crippen molar-refractivity contribution in [3.8, 4) is 6.07 Å². The first kappa shape index (κ1) is 22.3. The predicted molar refractivity (Wildman–Crippen MR) is 100 cm³/mol. The van der Waals surface area contributed by atoms with Gasteiger partial charge in [0.25, 0.3) is 5.91 Å². The third kappa shape index (κ3) is 8.02. The van der Waals surface area contributed by atoms with Crippen LogP contribution in [0.4, 0.5) is 0 Å². The highest BCUT2D eigenvalue weighted by molar-refractivity contribution is 7.92. The minimum absolute atomic E-state index is 0.148. The highest BCUT2D eigenvalue weighted by atomic mass is 32.2. The van der Waals surface area contributed by atoms with Crippen molar-refractivity contribution in [3.05, 3.63) is 41.3 Å². The smallest absolute Gasteiger partial charge is 0.321 e. The molecule has 0 aromatic heterocycles. The zero-order valence-corrected chi connectivity index (χ0v) is 16.2. The van der Waals surface area contributed by atoms with Crippen LogP contribution in [0.25, 0.3) is 6.08 Å². The molecule has 1 aromatic rings. The Labute approximate surface area is 159 Å². The molecule has 8 nitrogen and oxygen atoms in total. The number of carbonyl (C=O) groups excluding carboxylic acids is 2. The standard InChI is InChI=1S/C18H23N3O5S/c1-14(2)18(3,13-19)21-16(22)12-26-17(23)11-20-27(24,25)10-9-15-7-5-4-6-8-15/h4-10,14,20H,11-12H2,1-3H3,(H,21,22)/b10-9+/t18-/m1/s1. The number of rotatable bonds is 9. The lowest BCUT2D eigenvalue weighted by Crippen LogP contribution is -2.50. The average Bonchev–Trinajstić information content (AvgIpc) is 2.64. The fourth-order valence-electron chi connectivity index (χ4n) is 1.76. The third-order valence-electron chi connectivity index (χ3n) is 3.81. The van der Waals surface area contributed by atoms with E-state index in [0.717, 1.165) is 5.41 Å². The van der Waals surface area contributed by atoms with E-state index in [2.05, 4.69) is 10.0 Å². The van der Waals surface area contributed by atoms with Gasteiger partial charge in [0.05, 0.1) is 6.07 Å². The van der Waals surface area contributed by atoms with Crippen LogP contribution in [0.15, 0.2) is 35.7 Å². The fraction of sp³-hybridized carbons (Fsp3) is 0.389. The van der Waals surface area contributed by atoms with Gasteiger partial charge in [-0.2, -0.15) is 5.26 Å². The van der Waals surface area contributed by atoms with Crippen molar-refractivity contribution in [2.24, 2.45) is 5.92 Å². The van der Waals surface area contributed by atoms with Gasteiger partial charge < -0.3 is 10.1 Å². The number of amides is 1. The van der Waals surface area contributed by atoms with Crippen LogP contribution >= 0.6 is 0 Å². The Hall–Kier alpha value is -2.70. The van der Waals surface area contributed by atoms with Gasteiger partial charge in [-0.3, -0.25) is 9.59 Å². The lowest BCUT2D eigenvalue weighted by Gasteiger charge is -2.27. The Morgan fingerprint density at radius 3 is 2.48 bits per heavy atom. The van der Waals surface area contributed by atoms with Gasteiger partial charge in [0.1, 0.15) is 12.1 Å². The number of hydrogen-bond acceptors (Lipinski definition) is 6. The van der Waals surface area contributed by atoms with Crippen molar-refractivity contribution in [2.75, 3.05) is 13.2 Å². The van der Waals surface area contributed by atoms with Gasteiger partial charge >= 0.3 is 5.97 Å². The predicted octanol–water partition coefficient (Wildman–Crippen LogP) is 1.17. The summed E-state index contributed by atoms with van der Waals surface area (Å²) >= 11 is 0. The quantitative estimate of drug-likeness (QED) is 0.607.